The molecule has 0 spiro atoms. The van der Waals surface area contributed by atoms with E-state index in [1.54, 1.807) is 6.92 Å². The van der Waals surface area contributed by atoms with Crippen LogP contribution in [0.4, 0.5) is 0 Å². The van der Waals surface area contributed by atoms with Crippen LogP contribution in [0.2, 0.25) is 0 Å². The first-order valence-electron chi connectivity index (χ1n) is 7.41. The average Bonchev–Trinajstić information content (AvgIpc) is 3.24. The van der Waals surface area contributed by atoms with Gasteiger partial charge in [0.15, 0.2) is 0 Å². The molecule has 0 aliphatic heterocycles. The van der Waals surface area contributed by atoms with Gasteiger partial charge in [-0.15, -0.1) is 0 Å². The molecule has 7 nitrogen and oxygen atoms in total. The minimum Gasteiger partial charge on any atom is -0.481 e. The van der Waals surface area contributed by atoms with Crippen LogP contribution >= 0.6 is 0 Å². The summed E-state index contributed by atoms with van der Waals surface area (Å²) in [4.78, 5) is 35.4. The number of carbonyl (C=O) groups is 3. The van der Waals surface area contributed by atoms with Gasteiger partial charge in [-0.25, -0.2) is 0 Å². The molecule has 0 radical (unpaired) electrons. The van der Waals surface area contributed by atoms with E-state index in [0.29, 0.717) is 38.6 Å². The van der Waals surface area contributed by atoms with Crippen molar-refractivity contribution in [2.45, 2.75) is 45.1 Å². The van der Waals surface area contributed by atoms with Gasteiger partial charge in [-0.3, -0.25) is 19.3 Å². The van der Waals surface area contributed by atoms with Crippen LogP contribution in [-0.2, 0) is 19.1 Å². The number of esters is 1. The Kier molecular flexibility index (Phi) is 7.74. The fourth-order valence-corrected chi connectivity index (χ4v) is 2.00. The zero-order valence-corrected chi connectivity index (χ0v) is 12.5. The summed E-state index contributed by atoms with van der Waals surface area (Å²) in [5.74, 6) is -1.24. The van der Waals surface area contributed by atoms with Crippen LogP contribution in [0.3, 0.4) is 0 Å². The molecule has 1 aliphatic carbocycles. The molecular weight excluding hydrogens is 276 g/mol. The van der Waals surface area contributed by atoms with E-state index in [4.69, 9.17) is 9.84 Å². The predicted octanol–water partition coefficient (Wildman–Crippen LogP) is 0.385. The van der Waals surface area contributed by atoms with E-state index in [9.17, 15) is 14.4 Å². The van der Waals surface area contributed by atoms with E-state index >= 15 is 0 Å². The Morgan fingerprint density at radius 1 is 1.29 bits per heavy atom. The van der Waals surface area contributed by atoms with Gasteiger partial charge >= 0.3 is 11.9 Å². The molecule has 0 aromatic heterocycles. The molecule has 0 aromatic rings. The first-order chi connectivity index (χ1) is 10.0. The van der Waals surface area contributed by atoms with Crippen molar-refractivity contribution in [3.63, 3.8) is 0 Å². The van der Waals surface area contributed by atoms with Gasteiger partial charge < -0.3 is 15.2 Å². The highest BCUT2D eigenvalue weighted by atomic mass is 16.5. The molecule has 21 heavy (non-hydrogen) atoms. The maximum Gasteiger partial charge on any atom is 0.305 e. The van der Waals surface area contributed by atoms with E-state index in [0.717, 1.165) is 12.8 Å². The largest absolute Gasteiger partial charge is 0.481 e. The fourth-order valence-electron chi connectivity index (χ4n) is 2.00. The lowest BCUT2D eigenvalue weighted by molar-refractivity contribution is -0.143. The van der Waals surface area contributed by atoms with Crippen LogP contribution in [-0.4, -0.2) is 60.1 Å². The van der Waals surface area contributed by atoms with Crippen LogP contribution in [0.5, 0.6) is 0 Å². The molecule has 0 bridgehead atoms. The number of hydrogen-bond donors (Lipinski definition) is 2. The second-order valence-electron chi connectivity index (χ2n) is 5.10. The summed E-state index contributed by atoms with van der Waals surface area (Å²) < 4.78 is 4.79. The molecule has 1 fully saturated rings. The molecule has 1 saturated carbocycles. The number of nitrogens with one attached hydrogen (secondary N) is 1. The highest BCUT2D eigenvalue weighted by molar-refractivity contribution is 5.78. The number of carbonyl (C=O) groups excluding carboxylic acids is 2. The van der Waals surface area contributed by atoms with Gasteiger partial charge in [-0.2, -0.15) is 0 Å². The normalized spacial score (nSPS) is 14.0. The van der Waals surface area contributed by atoms with Crippen molar-refractivity contribution in [3.8, 4) is 0 Å². The average molecular weight is 300 g/mol. The van der Waals surface area contributed by atoms with Gasteiger partial charge in [0.25, 0.3) is 0 Å². The zero-order valence-electron chi connectivity index (χ0n) is 12.5. The summed E-state index contributed by atoms with van der Waals surface area (Å²) in [6, 6.07) is 0.342. The number of rotatable bonds is 11. The first kappa shape index (κ1) is 17.4. The Balaban J connectivity index is 2.15. The van der Waals surface area contributed by atoms with E-state index in [-0.39, 0.29) is 24.8 Å². The lowest BCUT2D eigenvalue weighted by atomic mass is 10.3. The fraction of sp³-hybridized carbons (Fsp3) is 0.786. The zero-order chi connectivity index (χ0) is 15.7. The molecule has 2 N–H and O–H groups in total. The third-order valence-electron chi connectivity index (χ3n) is 3.21. The molecule has 1 amide bonds. The SMILES string of the molecule is CCOC(=O)CCCNC(=O)CN(CCC(=O)O)C1CC1. The highest BCUT2D eigenvalue weighted by Crippen LogP contribution is 2.26. The van der Waals surface area contributed by atoms with Crippen LogP contribution in [0.15, 0.2) is 0 Å². The maximum absolute atomic E-state index is 11.8. The van der Waals surface area contributed by atoms with Gasteiger partial charge in [0.2, 0.25) is 5.91 Å². The lowest BCUT2D eigenvalue weighted by Crippen LogP contribution is -2.39. The van der Waals surface area contributed by atoms with Gasteiger partial charge in [-0.05, 0) is 26.2 Å². The number of carboxylic acids is 1. The Hall–Kier alpha value is -1.63. The van der Waals surface area contributed by atoms with Crippen LogP contribution in [0.1, 0.15) is 39.0 Å². The van der Waals surface area contributed by atoms with Gasteiger partial charge in [-0.1, -0.05) is 0 Å². The minimum absolute atomic E-state index is 0.0483. The highest BCUT2D eigenvalue weighted by Gasteiger charge is 2.30. The number of aliphatic carboxylic acids is 1. The predicted molar refractivity (Wildman–Crippen MR) is 75.7 cm³/mol. The molecule has 120 valence electrons. The summed E-state index contributed by atoms with van der Waals surface area (Å²) in [5.41, 5.74) is 0. The maximum atomic E-state index is 11.8. The molecule has 0 aromatic carbocycles. The third kappa shape index (κ3) is 8.29. The minimum atomic E-state index is -0.851. The van der Waals surface area contributed by atoms with Crippen LogP contribution in [0.25, 0.3) is 0 Å². The number of ether oxygens (including phenoxy) is 1. The molecule has 0 unspecified atom stereocenters. The van der Waals surface area contributed by atoms with Crippen molar-refractivity contribution in [2.75, 3.05) is 26.2 Å². The second-order valence-corrected chi connectivity index (χ2v) is 5.10. The summed E-state index contributed by atoms with van der Waals surface area (Å²) >= 11 is 0. The molecular formula is C14H24N2O5. The van der Waals surface area contributed by atoms with Crippen molar-refractivity contribution in [1.29, 1.82) is 0 Å². The second kappa shape index (κ2) is 9.33. The quantitative estimate of drug-likeness (QED) is 0.423. The molecule has 1 rings (SSSR count). The van der Waals surface area contributed by atoms with E-state index < -0.39 is 5.97 Å². The van der Waals surface area contributed by atoms with E-state index in [1.165, 1.54) is 0 Å². The number of carboxylic acid groups (broad SMARTS) is 1. The topological polar surface area (TPSA) is 95.9 Å². The monoisotopic (exact) mass is 300 g/mol. The molecule has 1 aliphatic rings. The van der Waals surface area contributed by atoms with Crippen LogP contribution in [0, 0.1) is 0 Å². The van der Waals surface area contributed by atoms with Crippen molar-refractivity contribution >= 4 is 17.8 Å². The summed E-state index contributed by atoms with van der Waals surface area (Å²) in [7, 11) is 0. The standard InChI is InChI=1S/C14H24N2O5/c1-2-21-14(20)4-3-8-15-12(17)10-16(11-5-6-11)9-7-13(18)19/h11H,2-10H2,1H3,(H,15,17)(H,18,19). The smallest absolute Gasteiger partial charge is 0.305 e. The molecule has 0 atom stereocenters. The van der Waals surface area contributed by atoms with Crippen molar-refractivity contribution in [1.82, 2.24) is 10.2 Å². The molecule has 0 saturated heterocycles. The van der Waals surface area contributed by atoms with Gasteiger partial charge in [0.1, 0.15) is 0 Å². The lowest BCUT2D eigenvalue weighted by Gasteiger charge is -2.20. The Morgan fingerprint density at radius 3 is 2.57 bits per heavy atom. The Bertz CT molecular complexity index is 368. The van der Waals surface area contributed by atoms with Gasteiger partial charge in [0, 0.05) is 25.6 Å². The third-order valence-corrected chi connectivity index (χ3v) is 3.21. The van der Waals surface area contributed by atoms with Crippen molar-refractivity contribution in [3.05, 3.63) is 0 Å². The van der Waals surface area contributed by atoms with Crippen molar-refractivity contribution < 1.29 is 24.2 Å². The Labute approximate surface area is 124 Å². The summed E-state index contributed by atoms with van der Waals surface area (Å²) in [5, 5.41) is 11.4. The molecule has 0 heterocycles. The van der Waals surface area contributed by atoms with E-state index in [2.05, 4.69) is 5.32 Å². The summed E-state index contributed by atoms with van der Waals surface area (Å²) in [6.07, 6.45) is 2.93. The van der Waals surface area contributed by atoms with E-state index in [1.807, 2.05) is 4.90 Å². The van der Waals surface area contributed by atoms with Crippen LogP contribution < -0.4 is 5.32 Å². The number of nitrogens with zero attached hydrogens (tertiary/aromatic N) is 1. The number of hydrogen-bond acceptors (Lipinski definition) is 5. The first-order valence-corrected chi connectivity index (χ1v) is 7.41. The van der Waals surface area contributed by atoms with Gasteiger partial charge in [0.05, 0.1) is 19.6 Å². The van der Waals surface area contributed by atoms with Crippen molar-refractivity contribution in [2.24, 2.45) is 0 Å². The summed E-state index contributed by atoms with van der Waals surface area (Å²) in [6.45, 7) is 3.16. The number of amides is 1. The molecule has 7 heteroatoms. The Morgan fingerprint density at radius 2 is 2.00 bits per heavy atom.